The Morgan fingerprint density at radius 1 is 1.29 bits per heavy atom. The third kappa shape index (κ3) is 1.65. The van der Waals surface area contributed by atoms with Crippen molar-refractivity contribution >= 4 is 0 Å². The summed E-state index contributed by atoms with van der Waals surface area (Å²) in [6.07, 6.45) is 0.877. The Hall–Kier alpha value is -1.68. The van der Waals surface area contributed by atoms with E-state index < -0.39 is 6.10 Å². The van der Waals surface area contributed by atoms with E-state index in [-0.39, 0.29) is 0 Å². The molecule has 0 bridgehead atoms. The molecule has 0 amide bonds. The molecule has 0 saturated carbocycles. The van der Waals surface area contributed by atoms with E-state index in [1.807, 2.05) is 30.3 Å². The Morgan fingerprint density at radius 2 is 2.00 bits per heavy atom. The summed E-state index contributed by atoms with van der Waals surface area (Å²) in [4.78, 5) is 1.43. The van der Waals surface area contributed by atoms with E-state index >= 15 is 0 Å². The van der Waals surface area contributed by atoms with E-state index in [9.17, 15) is 5.11 Å². The van der Waals surface area contributed by atoms with Crippen LogP contribution in [0.15, 0.2) is 36.5 Å². The number of hydrogen-bond acceptors (Lipinski definition) is 3. The lowest BCUT2D eigenvalue weighted by atomic mass is 10.1. The molecule has 4 nitrogen and oxygen atoms in total. The lowest BCUT2D eigenvalue weighted by Crippen LogP contribution is -2.01. The van der Waals surface area contributed by atoms with E-state index in [0.717, 1.165) is 5.56 Å². The molecule has 72 valence electrons. The topological polar surface area (TPSA) is 50.9 Å². The predicted molar refractivity (Wildman–Crippen MR) is 51.5 cm³/mol. The zero-order valence-corrected chi connectivity index (χ0v) is 7.83. The summed E-state index contributed by atoms with van der Waals surface area (Å²) in [6, 6.07) is 9.40. The molecule has 2 rings (SSSR count). The van der Waals surface area contributed by atoms with Crippen molar-refractivity contribution in [3.05, 3.63) is 47.8 Å². The van der Waals surface area contributed by atoms with Gasteiger partial charge in [-0.1, -0.05) is 30.3 Å². The summed E-state index contributed by atoms with van der Waals surface area (Å²) in [5, 5.41) is 17.8. The Labute approximate surface area is 81.8 Å². The van der Waals surface area contributed by atoms with Crippen LogP contribution in [0.25, 0.3) is 0 Å². The van der Waals surface area contributed by atoms with Gasteiger partial charge in [0.05, 0.1) is 6.20 Å². The van der Waals surface area contributed by atoms with Crippen LogP contribution in [-0.4, -0.2) is 20.1 Å². The molecule has 0 aliphatic rings. The maximum absolute atomic E-state index is 9.89. The second kappa shape index (κ2) is 3.59. The maximum atomic E-state index is 9.89. The Morgan fingerprint density at radius 3 is 2.57 bits per heavy atom. The van der Waals surface area contributed by atoms with Crippen LogP contribution < -0.4 is 0 Å². The molecule has 1 unspecified atom stereocenters. The second-order valence-corrected chi connectivity index (χ2v) is 3.07. The van der Waals surface area contributed by atoms with Crippen molar-refractivity contribution in [1.29, 1.82) is 0 Å². The average molecular weight is 189 g/mol. The van der Waals surface area contributed by atoms with Gasteiger partial charge in [-0.05, 0) is 5.56 Å². The van der Waals surface area contributed by atoms with Crippen molar-refractivity contribution in [2.75, 3.05) is 0 Å². The molecule has 0 aliphatic carbocycles. The molecular formula is C10H11N3O. The standard InChI is InChI=1S/C10H11N3O/c1-13-11-7-9(12-13)10(14)8-5-3-2-4-6-8/h2-7,10,14H,1H3. The minimum Gasteiger partial charge on any atom is -0.382 e. The molecule has 1 heterocycles. The van der Waals surface area contributed by atoms with E-state index in [1.54, 1.807) is 13.2 Å². The van der Waals surface area contributed by atoms with Crippen molar-refractivity contribution in [3.8, 4) is 0 Å². The Balaban J connectivity index is 2.29. The molecule has 1 N–H and O–H groups in total. The maximum Gasteiger partial charge on any atom is 0.124 e. The summed E-state index contributed by atoms with van der Waals surface area (Å²) in [5.74, 6) is 0. The van der Waals surface area contributed by atoms with Crippen LogP contribution in [0.3, 0.4) is 0 Å². The SMILES string of the molecule is Cn1ncc(C(O)c2ccccc2)n1. The van der Waals surface area contributed by atoms with Crippen LogP contribution in [-0.2, 0) is 7.05 Å². The highest BCUT2D eigenvalue weighted by molar-refractivity contribution is 5.23. The van der Waals surface area contributed by atoms with Gasteiger partial charge >= 0.3 is 0 Å². The van der Waals surface area contributed by atoms with Gasteiger partial charge in [0.25, 0.3) is 0 Å². The number of nitrogens with zero attached hydrogens (tertiary/aromatic N) is 3. The third-order valence-electron chi connectivity index (χ3n) is 2.01. The van der Waals surface area contributed by atoms with Crippen molar-refractivity contribution in [3.63, 3.8) is 0 Å². The largest absolute Gasteiger partial charge is 0.382 e. The van der Waals surface area contributed by atoms with Crippen LogP contribution in [0.5, 0.6) is 0 Å². The van der Waals surface area contributed by atoms with Gasteiger partial charge in [0, 0.05) is 7.05 Å². The number of aliphatic hydroxyl groups is 1. The summed E-state index contributed by atoms with van der Waals surface area (Å²) in [6.45, 7) is 0. The van der Waals surface area contributed by atoms with Gasteiger partial charge in [-0.3, -0.25) is 0 Å². The smallest absolute Gasteiger partial charge is 0.124 e. The molecule has 0 saturated heterocycles. The fraction of sp³-hybridized carbons (Fsp3) is 0.200. The Kier molecular flexibility index (Phi) is 2.28. The third-order valence-corrected chi connectivity index (χ3v) is 2.01. The van der Waals surface area contributed by atoms with E-state index in [4.69, 9.17) is 0 Å². The molecule has 0 spiro atoms. The fourth-order valence-corrected chi connectivity index (χ4v) is 1.29. The summed E-state index contributed by atoms with van der Waals surface area (Å²) >= 11 is 0. The molecule has 1 atom stereocenters. The minimum atomic E-state index is -0.690. The summed E-state index contributed by atoms with van der Waals surface area (Å²) in [7, 11) is 1.72. The van der Waals surface area contributed by atoms with Crippen molar-refractivity contribution < 1.29 is 5.11 Å². The zero-order chi connectivity index (χ0) is 9.97. The Bertz CT molecular complexity index is 410. The summed E-state index contributed by atoms with van der Waals surface area (Å²) in [5.41, 5.74) is 1.40. The van der Waals surface area contributed by atoms with Crippen molar-refractivity contribution in [2.24, 2.45) is 7.05 Å². The number of rotatable bonds is 2. The van der Waals surface area contributed by atoms with Gasteiger partial charge in [0.2, 0.25) is 0 Å². The first-order valence-electron chi connectivity index (χ1n) is 4.36. The first-order valence-corrected chi connectivity index (χ1v) is 4.36. The monoisotopic (exact) mass is 189 g/mol. The number of hydrogen-bond donors (Lipinski definition) is 1. The molecule has 1 aromatic carbocycles. The minimum absolute atomic E-state index is 0.568. The fourth-order valence-electron chi connectivity index (χ4n) is 1.29. The average Bonchev–Trinajstić information content (AvgIpc) is 2.65. The second-order valence-electron chi connectivity index (χ2n) is 3.07. The lowest BCUT2D eigenvalue weighted by Gasteiger charge is -2.06. The van der Waals surface area contributed by atoms with Gasteiger partial charge in [-0.25, -0.2) is 0 Å². The van der Waals surface area contributed by atoms with Crippen LogP contribution in [0.4, 0.5) is 0 Å². The first-order chi connectivity index (χ1) is 6.77. The van der Waals surface area contributed by atoms with Crippen molar-refractivity contribution in [1.82, 2.24) is 15.0 Å². The number of benzene rings is 1. The highest BCUT2D eigenvalue weighted by Gasteiger charge is 2.12. The molecule has 1 aromatic heterocycles. The van der Waals surface area contributed by atoms with Gasteiger partial charge in [-0.2, -0.15) is 15.0 Å². The quantitative estimate of drug-likeness (QED) is 0.763. The zero-order valence-electron chi connectivity index (χ0n) is 7.83. The molecule has 4 heteroatoms. The molecule has 0 radical (unpaired) electrons. The molecule has 2 aromatic rings. The van der Waals surface area contributed by atoms with Gasteiger partial charge in [0.15, 0.2) is 0 Å². The normalized spacial score (nSPS) is 12.7. The van der Waals surface area contributed by atoms with E-state index in [1.165, 1.54) is 4.80 Å². The van der Waals surface area contributed by atoms with E-state index in [2.05, 4.69) is 10.2 Å². The molecule has 0 fully saturated rings. The highest BCUT2D eigenvalue weighted by atomic mass is 16.3. The lowest BCUT2D eigenvalue weighted by molar-refractivity contribution is 0.214. The van der Waals surface area contributed by atoms with Crippen LogP contribution in [0, 0.1) is 0 Å². The van der Waals surface area contributed by atoms with Crippen molar-refractivity contribution in [2.45, 2.75) is 6.10 Å². The molecule has 0 aliphatic heterocycles. The van der Waals surface area contributed by atoms with Gasteiger partial charge in [-0.15, -0.1) is 0 Å². The number of aryl methyl sites for hydroxylation is 1. The number of aromatic nitrogens is 3. The van der Waals surface area contributed by atoms with Gasteiger partial charge in [0.1, 0.15) is 11.8 Å². The van der Waals surface area contributed by atoms with E-state index in [0.29, 0.717) is 5.69 Å². The number of aliphatic hydroxyl groups excluding tert-OH is 1. The predicted octanol–water partition coefficient (Wildman–Crippen LogP) is 0.897. The summed E-state index contributed by atoms with van der Waals surface area (Å²) < 4.78 is 0. The van der Waals surface area contributed by atoms with Crippen LogP contribution >= 0.6 is 0 Å². The van der Waals surface area contributed by atoms with Crippen LogP contribution in [0.1, 0.15) is 17.4 Å². The first kappa shape index (κ1) is 8.90. The molecule has 14 heavy (non-hydrogen) atoms. The van der Waals surface area contributed by atoms with Crippen LogP contribution in [0.2, 0.25) is 0 Å². The van der Waals surface area contributed by atoms with Gasteiger partial charge < -0.3 is 5.11 Å². The molecular weight excluding hydrogens is 178 g/mol. The highest BCUT2D eigenvalue weighted by Crippen LogP contribution is 2.18.